The maximum atomic E-state index is 10.6. The van der Waals surface area contributed by atoms with Crippen LogP contribution in [0.3, 0.4) is 0 Å². The molecular formula is C35H68N4O15. The zero-order chi connectivity index (χ0) is 44.1. The van der Waals surface area contributed by atoms with E-state index in [-0.39, 0.29) is 37.7 Å². The van der Waals surface area contributed by atoms with Gasteiger partial charge in [-0.05, 0) is 12.1 Å². The Kier molecular flexibility index (Phi) is 32.6. The number of carbonyl (C=O) groups is 5. The van der Waals surface area contributed by atoms with Crippen molar-refractivity contribution in [2.24, 2.45) is 0 Å². The van der Waals surface area contributed by atoms with Gasteiger partial charge >= 0.3 is 5.97 Å². The fraction of sp³-hybridized carbons (Fsp3) is 0.686. The number of ether oxygens (including phenoxy) is 1. The largest absolute Gasteiger partial charge is 0.550 e. The molecule has 0 aromatic heterocycles. The van der Waals surface area contributed by atoms with Crippen LogP contribution in [0.25, 0.3) is 0 Å². The van der Waals surface area contributed by atoms with Gasteiger partial charge in [-0.3, -0.25) is 4.79 Å². The number of para-hydroxylation sites is 1. The summed E-state index contributed by atoms with van der Waals surface area (Å²) in [4.78, 5) is 51.1. The molecule has 0 unspecified atom stereocenters. The highest BCUT2D eigenvalue weighted by Gasteiger charge is 2.29. The van der Waals surface area contributed by atoms with Crippen molar-refractivity contribution < 1.29 is 92.6 Å². The number of quaternary nitrogens is 4. The molecule has 0 fully saturated rings. The lowest BCUT2D eigenvalue weighted by atomic mass is 9.96. The van der Waals surface area contributed by atoms with Gasteiger partial charge in [0.25, 0.3) is 0 Å². The number of carboxylic acids is 4. The molecule has 19 heteroatoms. The van der Waals surface area contributed by atoms with Gasteiger partial charge in [0.05, 0.1) is 123 Å². The number of esters is 1. The number of benzene rings is 1. The van der Waals surface area contributed by atoms with E-state index in [1.165, 1.54) is 25.1 Å². The third-order valence-corrected chi connectivity index (χ3v) is 5.70. The maximum Gasteiger partial charge on any atom is 0.308 e. The van der Waals surface area contributed by atoms with Crippen molar-refractivity contribution >= 4 is 29.8 Å². The number of rotatable bonds is 15. The Morgan fingerprint density at radius 1 is 0.574 bits per heavy atom. The third kappa shape index (κ3) is 48.2. The predicted octanol–water partition coefficient (Wildman–Crippen LogP) is -6.54. The monoisotopic (exact) mass is 784 g/mol. The number of aliphatic hydroxyl groups excluding tert-OH is 4. The van der Waals surface area contributed by atoms with Gasteiger partial charge in [0, 0.05) is 37.3 Å². The number of nitrogens with zero attached hydrogens (tertiary/aromatic N) is 4. The zero-order valence-corrected chi connectivity index (χ0v) is 34.5. The summed E-state index contributed by atoms with van der Waals surface area (Å²) in [5, 5.41) is 83.0. The van der Waals surface area contributed by atoms with E-state index in [2.05, 4.69) is 89.3 Å². The summed E-state index contributed by atoms with van der Waals surface area (Å²) in [5.74, 6) is -7.90. The molecule has 0 aliphatic rings. The zero-order valence-electron chi connectivity index (χ0n) is 34.5. The van der Waals surface area contributed by atoms with Crippen LogP contribution in [0.2, 0.25) is 0 Å². The number of likely N-dealkylation sites (N-methyl/N-ethyl adjacent to an activating group) is 4. The van der Waals surface area contributed by atoms with Gasteiger partial charge in [-0.15, -0.1) is 0 Å². The molecule has 54 heavy (non-hydrogen) atoms. The van der Waals surface area contributed by atoms with Crippen LogP contribution in [0.15, 0.2) is 24.3 Å². The summed E-state index contributed by atoms with van der Waals surface area (Å²) in [5.41, 5.74) is -3.10. The number of aromatic carboxylic acids is 1. The van der Waals surface area contributed by atoms with Crippen molar-refractivity contribution in [3.63, 3.8) is 0 Å². The van der Waals surface area contributed by atoms with Crippen molar-refractivity contribution in [3.05, 3.63) is 29.8 Å². The SMILES string of the molecule is CC(=O)Oc1ccccc1C(=O)[O-].C[N+](C)(C)CCO.C[N+](C)(C)CCO.C[N+](C)(C)CCO.C[N+](C)(C)CCO.O=C([O-])CC(O)(CC(=O)[O-])C(=O)[O-]. The molecule has 0 radical (unpaired) electrons. The summed E-state index contributed by atoms with van der Waals surface area (Å²) < 4.78 is 8.02. The van der Waals surface area contributed by atoms with E-state index in [1.54, 1.807) is 6.07 Å². The molecule has 318 valence electrons. The molecule has 0 aliphatic heterocycles. The fourth-order valence-corrected chi connectivity index (χ4v) is 2.76. The molecule has 0 heterocycles. The molecule has 0 bridgehead atoms. The lowest BCUT2D eigenvalue weighted by molar-refractivity contribution is -0.870. The highest BCUT2D eigenvalue weighted by Crippen LogP contribution is 2.17. The van der Waals surface area contributed by atoms with E-state index in [0.29, 0.717) is 0 Å². The van der Waals surface area contributed by atoms with Crippen LogP contribution >= 0.6 is 0 Å². The molecule has 0 spiro atoms. The quantitative estimate of drug-likeness (QED) is 0.0628. The lowest BCUT2D eigenvalue weighted by Crippen LogP contribution is -2.54. The van der Waals surface area contributed by atoms with Crippen molar-refractivity contribution in [1.82, 2.24) is 0 Å². The number of carbonyl (C=O) groups excluding carboxylic acids is 5. The van der Waals surface area contributed by atoms with Crippen molar-refractivity contribution in [2.45, 2.75) is 25.4 Å². The Morgan fingerprint density at radius 3 is 1.02 bits per heavy atom. The van der Waals surface area contributed by atoms with Crippen LogP contribution in [-0.2, 0) is 19.2 Å². The predicted molar refractivity (Wildman–Crippen MR) is 191 cm³/mol. The van der Waals surface area contributed by atoms with Gasteiger partial charge in [-0.2, -0.15) is 0 Å². The van der Waals surface area contributed by atoms with Crippen LogP contribution in [0.4, 0.5) is 0 Å². The first-order valence-corrected chi connectivity index (χ1v) is 16.6. The normalized spacial score (nSPS) is 11.1. The van der Waals surface area contributed by atoms with Crippen LogP contribution in [-0.4, -0.2) is 216 Å². The first-order chi connectivity index (χ1) is 24.1. The second-order valence-electron chi connectivity index (χ2n) is 15.7. The third-order valence-electron chi connectivity index (χ3n) is 5.70. The average molecular weight is 785 g/mol. The minimum Gasteiger partial charge on any atom is -0.550 e. The summed E-state index contributed by atoms with van der Waals surface area (Å²) in [6, 6.07) is 5.81. The maximum absolute atomic E-state index is 10.6. The van der Waals surface area contributed by atoms with Crippen molar-refractivity contribution in [2.75, 3.05) is 137 Å². The number of hydrogen-bond acceptors (Lipinski definition) is 15. The molecule has 0 amide bonds. The second-order valence-corrected chi connectivity index (χ2v) is 15.7. The van der Waals surface area contributed by atoms with Crippen LogP contribution < -0.4 is 25.2 Å². The number of aliphatic hydroxyl groups is 5. The minimum absolute atomic E-state index is 0.00926. The minimum atomic E-state index is -2.97. The smallest absolute Gasteiger partial charge is 0.308 e. The second kappa shape index (κ2) is 29.6. The van der Waals surface area contributed by atoms with E-state index in [9.17, 15) is 44.4 Å². The molecule has 1 aromatic rings. The Morgan fingerprint density at radius 2 is 0.852 bits per heavy atom. The van der Waals surface area contributed by atoms with Gasteiger partial charge in [0.2, 0.25) is 0 Å². The summed E-state index contributed by atoms with van der Waals surface area (Å²) >= 11 is 0. The average Bonchev–Trinajstić information content (AvgIpc) is 2.91. The Balaban J connectivity index is -0.000000183. The fourth-order valence-electron chi connectivity index (χ4n) is 2.76. The van der Waals surface area contributed by atoms with Gasteiger partial charge in [0.15, 0.2) is 0 Å². The van der Waals surface area contributed by atoms with Crippen LogP contribution in [0.5, 0.6) is 5.75 Å². The number of carboxylic acid groups (broad SMARTS) is 4. The van der Waals surface area contributed by atoms with Crippen LogP contribution in [0.1, 0.15) is 30.1 Å². The van der Waals surface area contributed by atoms with E-state index >= 15 is 0 Å². The molecule has 0 atom stereocenters. The first kappa shape index (κ1) is 59.5. The first-order valence-electron chi connectivity index (χ1n) is 16.6. The van der Waals surface area contributed by atoms with Crippen LogP contribution in [0, 0.1) is 0 Å². The van der Waals surface area contributed by atoms with E-state index in [0.717, 1.165) is 44.1 Å². The Hall–Kier alpha value is -3.79. The van der Waals surface area contributed by atoms with Gasteiger partial charge in [-0.1, -0.05) is 12.1 Å². The molecule has 0 saturated carbocycles. The molecule has 19 nitrogen and oxygen atoms in total. The van der Waals surface area contributed by atoms with E-state index in [4.69, 9.17) is 25.5 Å². The molecular weight excluding hydrogens is 716 g/mol. The van der Waals surface area contributed by atoms with Crippen molar-refractivity contribution in [3.8, 4) is 5.75 Å². The standard InChI is InChI=1S/C9H8O4.C6H8O7.4C5H14NO/c1-6(10)13-8-5-3-2-4-7(8)9(11)12;7-3(8)1-6(13,5(11)12)2-4(9)10;4*1-6(2,3)4-5-7/h2-5H,1H3,(H,11,12);13H,1-2H2,(H,7,8)(H,9,10)(H,11,12);4*7H,4-5H2,1-3H3/q;;4*+1/p-4. The Labute approximate surface area is 320 Å². The topological polar surface area (TPSA) is 288 Å². The lowest BCUT2D eigenvalue weighted by Gasteiger charge is -2.29. The highest BCUT2D eigenvalue weighted by atomic mass is 16.5. The highest BCUT2D eigenvalue weighted by molar-refractivity contribution is 5.90. The summed E-state index contributed by atoms with van der Waals surface area (Å²) in [7, 11) is 24.6. The van der Waals surface area contributed by atoms with E-state index < -0.39 is 48.3 Å². The van der Waals surface area contributed by atoms with Gasteiger partial charge in [0.1, 0.15) is 37.5 Å². The summed E-state index contributed by atoms with van der Waals surface area (Å²) in [6.07, 6.45) is -2.72. The molecule has 0 aliphatic carbocycles. The molecule has 0 saturated heterocycles. The number of hydrogen-bond donors (Lipinski definition) is 5. The number of aliphatic carboxylic acids is 3. The van der Waals surface area contributed by atoms with Gasteiger partial charge in [-0.25, -0.2) is 0 Å². The van der Waals surface area contributed by atoms with Gasteiger partial charge < -0.3 is 87.8 Å². The Bertz CT molecular complexity index is 1120. The molecule has 1 rings (SSSR count). The molecule has 1 aromatic carbocycles. The summed E-state index contributed by atoms with van der Waals surface area (Å²) in [6.45, 7) is 5.66. The molecule has 5 N–H and O–H groups in total. The van der Waals surface area contributed by atoms with E-state index in [1.807, 2.05) is 0 Å². The van der Waals surface area contributed by atoms with Crippen molar-refractivity contribution in [1.29, 1.82) is 0 Å².